The van der Waals surface area contributed by atoms with Crippen molar-refractivity contribution in [2.75, 3.05) is 10.6 Å². The highest BCUT2D eigenvalue weighted by atomic mass is 16.2. The molecular weight excluding hydrogens is 546 g/mol. The Kier molecular flexibility index (Phi) is 11.3. The molecule has 1 aromatic carbocycles. The van der Waals surface area contributed by atoms with Crippen molar-refractivity contribution in [3.05, 3.63) is 23.8 Å². The Balaban J connectivity index is 1.45. The molecule has 0 unspecified atom stereocenters. The number of benzene rings is 1. The van der Waals surface area contributed by atoms with E-state index in [1.807, 2.05) is 6.07 Å². The molecule has 0 heterocycles. The summed E-state index contributed by atoms with van der Waals surface area (Å²) in [7, 11) is 0. The van der Waals surface area contributed by atoms with Crippen LogP contribution in [0, 0.1) is 46.3 Å². The molecule has 6 heteroatoms. The van der Waals surface area contributed by atoms with Gasteiger partial charge in [-0.05, 0) is 130 Å². The first-order valence-electron chi connectivity index (χ1n) is 17.7. The average molecular weight is 608 g/mol. The van der Waals surface area contributed by atoms with Gasteiger partial charge in [0.05, 0.1) is 0 Å². The van der Waals surface area contributed by atoms with E-state index in [1.165, 1.54) is 0 Å². The molecule has 3 fully saturated rings. The molecule has 6 nitrogen and oxygen atoms in total. The molecule has 4 rings (SSSR count). The van der Waals surface area contributed by atoms with Gasteiger partial charge < -0.3 is 16.0 Å². The summed E-state index contributed by atoms with van der Waals surface area (Å²) in [6, 6.07) is 5.53. The van der Waals surface area contributed by atoms with Gasteiger partial charge in [-0.25, -0.2) is 0 Å². The Labute approximate surface area is 267 Å². The molecule has 0 bridgehead atoms. The predicted octanol–water partition coefficient (Wildman–Crippen LogP) is 9.21. The minimum atomic E-state index is -0.138. The number of amides is 3. The van der Waals surface area contributed by atoms with E-state index in [-0.39, 0.29) is 46.4 Å². The SMILES string of the molecule is CC(C)C1CCC(NC(=O)c2cc(NC(=O)C3CCC(C(C)(C)C)CC3)cc(NC(=O)C3CCC(C(C)(C)C)CC3)c2)CC1. The van der Waals surface area contributed by atoms with Gasteiger partial charge >= 0.3 is 0 Å². The maximum absolute atomic E-state index is 13.5. The normalized spacial score (nSPS) is 28.3. The van der Waals surface area contributed by atoms with E-state index < -0.39 is 0 Å². The molecule has 0 aliphatic heterocycles. The lowest BCUT2D eigenvalue weighted by atomic mass is 9.69. The summed E-state index contributed by atoms with van der Waals surface area (Å²) in [4.78, 5) is 40.3. The molecular formula is C38H61N3O3. The van der Waals surface area contributed by atoms with E-state index in [0.717, 1.165) is 83.0 Å². The van der Waals surface area contributed by atoms with Gasteiger partial charge in [0.2, 0.25) is 11.8 Å². The fourth-order valence-corrected chi connectivity index (χ4v) is 8.03. The maximum atomic E-state index is 13.5. The summed E-state index contributed by atoms with van der Waals surface area (Å²) in [5.74, 6) is 2.49. The molecule has 3 aliphatic rings. The van der Waals surface area contributed by atoms with Crippen molar-refractivity contribution in [2.24, 2.45) is 46.3 Å². The predicted molar refractivity (Wildman–Crippen MR) is 182 cm³/mol. The van der Waals surface area contributed by atoms with Crippen LogP contribution < -0.4 is 16.0 Å². The Bertz CT molecular complexity index is 1070. The number of hydrogen-bond donors (Lipinski definition) is 3. The summed E-state index contributed by atoms with van der Waals surface area (Å²) in [5, 5.41) is 9.51. The summed E-state index contributed by atoms with van der Waals surface area (Å²) >= 11 is 0. The number of rotatable bonds is 7. The van der Waals surface area contributed by atoms with Crippen LogP contribution in [0.2, 0.25) is 0 Å². The van der Waals surface area contributed by atoms with Crippen molar-refractivity contribution in [3.8, 4) is 0 Å². The molecule has 0 aromatic heterocycles. The fraction of sp³-hybridized carbons (Fsp3) is 0.763. The van der Waals surface area contributed by atoms with E-state index in [1.54, 1.807) is 12.1 Å². The third-order valence-electron chi connectivity index (χ3n) is 11.4. The highest BCUT2D eigenvalue weighted by molar-refractivity contribution is 6.01. The third-order valence-corrected chi connectivity index (χ3v) is 11.4. The molecule has 0 saturated heterocycles. The highest BCUT2D eigenvalue weighted by Crippen LogP contribution is 2.41. The van der Waals surface area contributed by atoms with E-state index in [0.29, 0.717) is 34.7 Å². The Morgan fingerprint density at radius 1 is 0.614 bits per heavy atom. The van der Waals surface area contributed by atoms with Crippen LogP contribution in [0.5, 0.6) is 0 Å². The monoisotopic (exact) mass is 607 g/mol. The van der Waals surface area contributed by atoms with Crippen LogP contribution in [0.3, 0.4) is 0 Å². The first kappa shape index (κ1) is 34.5. The van der Waals surface area contributed by atoms with Gasteiger partial charge in [-0.15, -0.1) is 0 Å². The number of anilines is 2. The van der Waals surface area contributed by atoms with E-state index in [2.05, 4.69) is 71.3 Å². The van der Waals surface area contributed by atoms with E-state index >= 15 is 0 Å². The van der Waals surface area contributed by atoms with Crippen LogP contribution in [-0.2, 0) is 9.59 Å². The van der Waals surface area contributed by atoms with Crippen LogP contribution in [0.1, 0.15) is 143 Å². The molecule has 0 atom stereocenters. The minimum absolute atomic E-state index is 0.0136. The van der Waals surface area contributed by atoms with Gasteiger partial charge in [-0.1, -0.05) is 55.4 Å². The van der Waals surface area contributed by atoms with Gasteiger partial charge in [-0.3, -0.25) is 14.4 Å². The lowest BCUT2D eigenvalue weighted by molar-refractivity contribution is -0.122. The van der Waals surface area contributed by atoms with Crippen molar-refractivity contribution in [3.63, 3.8) is 0 Å². The van der Waals surface area contributed by atoms with Gasteiger partial charge in [0.25, 0.3) is 5.91 Å². The second kappa shape index (κ2) is 14.4. The molecule has 3 N–H and O–H groups in total. The molecule has 0 spiro atoms. The molecule has 0 radical (unpaired) electrons. The summed E-state index contributed by atoms with van der Waals surface area (Å²) in [5.41, 5.74) is 2.16. The van der Waals surface area contributed by atoms with E-state index in [4.69, 9.17) is 0 Å². The first-order valence-corrected chi connectivity index (χ1v) is 17.7. The Morgan fingerprint density at radius 2 is 1.02 bits per heavy atom. The lowest BCUT2D eigenvalue weighted by Crippen LogP contribution is -2.38. The van der Waals surface area contributed by atoms with Crippen molar-refractivity contribution < 1.29 is 14.4 Å². The number of nitrogens with one attached hydrogen (secondary N) is 3. The van der Waals surface area contributed by atoms with Crippen LogP contribution in [-0.4, -0.2) is 23.8 Å². The fourth-order valence-electron chi connectivity index (χ4n) is 8.03. The van der Waals surface area contributed by atoms with Crippen LogP contribution in [0.15, 0.2) is 18.2 Å². The zero-order chi connectivity index (χ0) is 32.2. The summed E-state index contributed by atoms with van der Waals surface area (Å²) < 4.78 is 0. The van der Waals surface area contributed by atoms with Crippen molar-refractivity contribution in [1.29, 1.82) is 0 Å². The minimum Gasteiger partial charge on any atom is -0.349 e. The van der Waals surface area contributed by atoms with Gasteiger partial charge in [0, 0.05) is 34.8 Å². The summed E-state index contributed by atoms with van der Waals surface area (Å²) in [6.07, 6.45) is 12.0. The van der Waals surface area contributed by atoms with Gasteiger partial charge in [0.1, 0.15) is 0 Å². The molecule has 3 aliphatic carbocycles. The lowest BCUT2D eigenvalue weighted by Gasteiger charge is -2.36. The van der Waals surface area contributed by atoms with Crippen LogP contribution in [0.25, 0.3) is 0 Å². The van der Waals surface area contributed by atoms with Crippen molar-refractivity contribution >= 4 is 29.1 Å². The molecule has 3 saturated carbocycles. The topological polar surface area (TPSA) is 87.3 Å². The Hall–Kier alpha value is -2.37. The van der Waals surface area contributed by atoms with E-state index in [9.17, 15) is 14.4 Å². The Morgan fingerprint density at radius 3 is 1.39 bits per heavy atom. The molecule has 246 valence electrons. The number of carbonyl (C=O) groups excluding carboxylic acids is 3. The molecule has 3 amide bonds. The zero-order valence-electron chi connectivity index (χ0n) is 29.0. The molecule has 1 aromatic rings. The van der Waals surface area contributed by atoms with Crippen LogP contribution >= 0.6 is 0 Å². The smallest absolute Gasteiger partial charge is 0.251 e. The van der Waals surface area contributed by atoms with Gasteiger partial charge in [0.15, 0.2) is 0 Å². The van der Waals surface area contributed by atoms with Crippen LogP contribution in [0.4, 0.5) is 11.4 Å². The summed E-state index contributed by atoms with van der Waals surface area (Å²) in [6.45, 7) is 18.3. The zero-order valence-corrected chi connectivity index (χ0v) is 29.0. The highest BCUT2D eigenvalue weighted by Gasteiger charge is 2.34. The molecule has 44 heavy (non-hydrogen) atoms. The van der Waals surface area contributed by atoms with Crippen molar-refractivity contribution in [1.82, 2.24) is 5.32 Å². The first-order chi connectivity index (χ1) is 20.6. The second-order valence-electron chi connectivity index (χ2n) is 16.9. The van der Waals surface area contributed by atoms with Gasteiger partial charge in [-0.2, -0.15) is 0 Å². The average Bonchev–Trinajstić information content (AvgIpc) is 2.96. The quantitative estimate of drug-likeness (QED) is 0.289. The second-order valence-corrected chi connectivity index (χ2v) is 16.9. The standard InChI is InChI=1S/C38H61N3O3/c1-24(2)25-13-19-31(20-14-25)39-36(44)28-21-32(40-34(42)26-9-15-29(16-10-26)37(3,4)5)23-33(22-28)41-35(43)27-11-17-30(18-12-27)38(6,7)8/h21-27,29-31H,9-20H2,1-8H3,(H,39,44)(H,40,42)(H,41,43). The van der Waals surface area contributed by atoms with Crippen molar-refractivity contribution in [2.45, 2.75) is 138 Å². The third kappa shape index (κ3) is 9.33. The number of carbonyl (C=O) groups is 3. The largest absolute Gasteiger partial charge is 0.349 e. The number of hydrogen-bond acceptors (Lipinski definition) is 3. The maximum Gasteiger partial charge on any atom is 0.251 e.